The van der Waals surface area contributed by atoms with E-state index in [1.165, 1.54) is 6.07 Å². The Bertz CT molecular complexity index is 660. The standard InChI is InChI=1S/C14H12Br2N2O2/c1-9-6-11(3-5-14(9)18(19)20)17-8-10-2-4-12(15)13(16)7-10/h2-7,17H,8H2,1H3. The Balaban J connectivity index is 2.09. The van der Waals surface area contributed by atoms with Crippen molar-refractivity contribution in [1.29, 1.82) is 0 Å². The lowest BCUT2D eigenvalue weighted by atomic mass is 10.1. The largest absolute Gasteiger partial charge is 0.381 e. The Kier molecular flexibility index (Phi) is 4.77. The maximum absolute atomic E-state index is 10.8. The van der Waals surface area contributed by atoms with E-state index >= 15 is 0 Å². The normalized spacial score (nSPS) is 10.3. The second kappa shape index (κ2) is 6.37. The minimum Gasteiger partial charge on any atom is -0.381 e. The summed E-state index contributed by atoms with van der Waals surface area (Å²) in [5.74, 6) is 0. The molecule has 20 heavy (non-hydrogen) atoms. The molecular formula is C14H12Br2N2O2. The minimum absolute atomic E-state index is 0.141. The first kappa shape index (κ1) is 15.0. The number of nitro benzene ring substituents is 1. The van der Waals surface area contributed by atoms with Crippen molar-refractivity contribution >= 4 is 43.2 Å². The zero-order chi connectivity index (χ0) is 14.7. The summed E-state index contributed by atoms with van der Waals surface area (Å²) >= 11 is 6.89. The van der Waals surface area contributed by atoms with Crippen molar-refractivity contribution in [3.63, 3.8) is 0 Å². The number of aryl methyl sites for hydroxylation is 1. The van der Waals surface area contributed by atoms with Crippen LogP contribution in [0.25, 0.3) is 0 Å². The molecule has 4 nitrogen and oxygen atoms in total. The van der Waals surface area contributed by atoms with Gasteiger partial charge in [0.1, 0.15) is 0 Å². The third-order valence-electron chi connectivity index (χ3n) is 2.87. The molecule has 1 N–H and O–H groups in total. The Hall–Kier alpha value is -1.40. The van der Waals surface area contributed by atoms with Gasteiger partial charge in [-0.3, -0.25) is 10.1 Å². The van der Waals surface area contributed by atoms with E-state index in [0.717, 1.165) is 20.2 Å². The van der Waals surface area contributed by atoms with E-state index in [4.69, 9.17) is 0 Å². The highest BCUT2D eigenvalue weighted by Gasteiger charge is 2.09. The van der Waals surface area contributed by atoms with Crippen LogP contribution in [0.3, 0.4) is 0 Å². The van der Waals surface area contributed by atoms with Gasteiger partial charge in [-0.2, -0.15) is 0 Å². The molecule has 0 fully saturated rings. The average molecular weight is 400 g/mol. The Morgan fingerprint density at radius 1 is 1.15 bits per heavy atom. The van der Waals surface area contributed by atoms with Gasteiger partial charge in [0.15, 0.2) is 0 Å². The molecule has 0 spiro atoms. The van der Waals surface area contributed by atoms with Crippen molar-refractivity contribution in [2.75, 3.05) is 5.32 Å². The van der Waals surface area contributed by atoms with Crippen molar-refractivity contribution in [3.8, 4) is 0 Å². The number of benzene rings is 2. The molecule has 0 amide bonds. The molecule has 0 heterocycles. The number of anilines is 1. The number of nitrogens with one attached hydrogen (secondary N) is 1. The Labute approximate surface area is 133 Å². The summed E-state index contributed by atoms with van der Waals surface area (Å²) in [4.78, 5) is 10.4. The maximum Gasteiger partial charge on any atom is 0.272 e. The van der Waals surface area contributed by atoms with Gasteiger partial charge in [-0.25, -0.2) is 0 Å². The van der Waals surface area contributed by atoms with Gasteiger partial charge in [0, 0.05) is 32.8 Å². The molecule has 0 atom stereocenters. The highest BCUT2D eigenvalue weighted by molar-refractivity contribution is 9.13. The average Bonchev–Trinajstić information content (AvgIpc) is 2.40. The molecule has 0 aliphatic rings. The van der Waals surface area contributed by atoms with E-state index in [2.05, 4.69) is 37.2 Å². The summed E-state index contributed by atoms with van der Waals surface area (Å²) in [5.41, 5.74) is 2.78. The van der Waals surface area contributed by atoms with Crippen molar-refractivity contribution in [1.82, 2.24) is 0 Å². The van der Waals surface area contributed by atoms with Gasteiger partial charge in [-0.05, 0) is 68.6 Å². The molecule has 0 radical (unpaired) electrons. The molecule has 0 aliphatic heterocycles. The molecule has 104 valence electrons. The van der Waals surface area contributed by atoms with Crippen LogP contribution in [0.1, 0.15) is 11.1 Å². The van der Waals surface area contributed by atoms with Crippen LogP contribution in [0, 0.1) is 17.0 Å². The van der Waals surface area contributed by atoms with Crippen LogP contribution in [0.2, 0.25) is 0 Å². The van der Waals surface area contributed by atoms with E-state index in [9.17, 15) is 10.1 Å². The lowest BCUT2D eigenvalue weighted by molar-refractivity contribution is -0.385. The van der Waals surface area contributed by atoms with Gasteiger partial charge in [0.05, 0.1) is 4.92 Å². The molecule has 2 aromatic carbocycles. The number of nitro groups is 1. The van der Waals surface area contributed by atoms with Crippen LogP contribution in [-0.2, 0) is 6.54 Å². The predicted molar refractivity (Wildman–Crippen MR) is 87.0 cm³/mol. The quantitative estimate of drug-likeness (QED) is 0.578. The molecular weight excluding hydrogens is 388 g/mol. The first-order valence-electron chi connectivity index (χ1n) is 5.90. The molecule has 6 heteroatoms. The van der Waals surface area contributed by atoms with Gasteiger partial charge in [-0.15, -0.1) is 0 Å². The number of nitrogens with zero attached hydrogens (tertiary/aromatic N) is 1. The van der Waals surface area contributed by atoms with E-state index in [-0.39, 0.29) is 10.6 Å². The summed E-state index contributed by atoms with van der Waals surface area (Å²) < 4.78 is 2.00. The zero-order valence-electron chi connectivity index (χ0n) is 10.7. The lowest BCUT2D eigenvalue weighted by Gasteiger charge is -2.08. The van der Waals surface area contributed by atoms with Gasteiger partial charge >= 0.3 is 0 Å². The Morgan fingerprint density at radius 2 is 1.90 bits per heavy atom. The zero-order valence-corrected chi connectivity index (χ0v) is 13.9. The summed E-state index contributed by atoms with van der Waals surface area (Å²) in [7, 11) is 0. The fraction of sp³-hybridized carbons (Fsp3) is 0.143. The first-order chi connectivity index (χ1) is 9.47. The van der Waals surface area contributed by atoms with Gasteiger partial charge in [0.2, 0.25) is 0 Å². The fourth-order valence-electron chi connectivity index (χ4n) is 1.82. The second-order valence-corrected chi connectivity index (χ2v) is 6.07. The SMILES string of the molecule is Cc1cc(NCc2ccc(Br)c(Br)c2)ccc1[N+](=O)[O-]. The van der Waals surface area contributed by atoms with Crippen LogP contribution in [-0.4, -0.2) is 4.92 Å². The molecule has 2 rings (SSSR count). The first-order valence-corrected chi connectivity index (χ1v) is 7.49. The number of hydrogen-bond donors (Lipinski definition) is 1. The highest BCUT2D eigenvalue weighted by Crippen LogP contribution is 2.25. The van der Waals surface area contributed by atoms with E-state index in [0.29, 0.717) is 12.1 Å². The third kappa shape index (κ3) is 3.58. The van der Waals surface area contributed by atoms with Crippen molar-refractivity contribution in [2.45, 2.75) is 13.5 Å². The minimum atomic E-state index is -0.370. The molecule has 0 unspecified atom stereocenters. The lowest BCUT2D eigenvalue weighted by Crippen LogP contribution is -2.00. The molecule has 0 aliphatic carbocycles. The molecule has 0 aromatic heterocycles. The van der Waals surface area contributed by atoms with Crippen LogP contribution in [0.5, 0.6) is 0 Å². The summed E-state index contributed by atoms with van der Waals surface area (Å²) in [6.45, 7) is 2.39. The maximum atomic E-state index is 10.8. The number of hydrogen-bond acceptors (Lipinski definition) is 3. The van der Waals surface area contributed by atoms with Crippen molar-refractivity contribution in [3.05, 3.63) is 66.6 Å². The molecule has 0 bridgehead atoms. The summed E-state index contributed by atoms with van der Waals surface area (Å²) in [6, 6.07) is 11.0. The number of halogens is 2. The van der Waals surface area contributed by atoms with Gasteiger partial charge < -0.3 is 5.32 Å². The fourth-order valence-corrected chi connectivity index (χ4v) is 2.50. The van der Waals surface area contributed by atoms with Crippen molar-refractivity contribution in [2.24, 2.45) is 0 Å². The van der Waals surface area contributed by atoms with E-state index < -0.39 is 0 Å². The smallest absolute Gasteiger partial charge is 0.272 e. The van der Waals surface area contributed by atoms with E-state index in [1.54, 1.807) is 19.1 Å². The van der Waals surface area contributed by atoms with E-state index in [1.807, 2.05) is 18.2 Å². The summed E-state index contributed by atoms with van der Waals surface area (Å²) in [5, 5.41) is 14.0. The van der Waals surface area contributed by atoms with Crippen LogP contribution < -0.4 is 5.32 Å². The highest BCUT2D eigenvalue weighted by atomic mass is 79.9. The van der Waals surface area contributed by atoms with Gasteiger partial charge in [-0.1, -0.05) is 6.07 Å². The number of rotatable bonds is 4. The molecule has 2 aromatic rings. The second-order valence-electron chi connectivity index (χ2n) is 4.36. The van der Waals surface area contributed by atoms with Crippen LogP contribution >= 0.6 is 31.9 Å². The molecule has 0 saturated heterocycles. The monoisotopic (exact) mass is 398 g/mol. The summed E-state index contributed by atoms with van der Waals surface area (Å²) in [6.07, 6.45) is 0. The third-order valence-corrected chi connectivity index (χ3v) is 4.75. The van der Waals surface area contributed by atoms with Crippen LogP contribution in [0.4, 0.5) is 11.4 Å². The van der Waals surface area contributed by atoms with Gasteiger partial charge in [0.25, 0.3) is 5.69 Å². The molecule has 0 saturated carbocycles. The topological polar surface area (TPSA) is 55.2 Å². The Morgan fingerprint density at radius 3 is 2.50 bits per heavy atom. The van der Waals surface area contributed by atoms with Crippen molar-refractivity contribution < 1.29 is 4.92 Å². The van der Waals surface area contributed by atoms with Crippen LogP contribution in [0.15, 0.2) is 45.3 Å². The predicted octanol–water partition coefficient (Wildman–Crippen LogP) is 5.04.